The van der Waals surface area contributed by atoms with E-state index >= 15 is 0 Å². The third-order valence-electron chi connectivity index (χ3n) is 6.20. The number of likely N-dealkylation sites (tertiary alicyclic amines) is 1. The van der Waals surface area contributed by atoms with Crippen molar-refractivity contribution in [2.24, 2.45) is 4.99 Å². The second-order valence-electron chi connectivity index (χ2n) is 8.23. The van der Waals surface area contributed by atoms with Gasteiger partial charge in [0.05, 0.1) is 19.9 Å². The summed E-state index contributed by atoms with van der Waals surface area (Å²) in [6.45, 7) is 5.03. The molecular formula is C24H28N4O4. The van der Waals surface area contributed by atoms with Gasteiger partial charge in [0, 0.05) is 37.6 Å². The summed E-state index contributed by atoms with van der Waals surface area (Å²) >= 11 is 0. The van der Waals surface area contributed by atoms with E-state index in [1.807, 2.05) is 32.0 Å². The summed E-state index contributed by atoms with van der Waals surface area (Å²) in [5, 5.41) is 5.96. The molecule has 1 spiro atoms. The molecule has 168 valence electrons. The molecule has 32 heavy (non-hydrogen) atoms. The fourth-order valence-corrected chi connectivity index (χ4v) is 4.06. The molecule has 8 heteroatoms. The molecule has 4 rings (SSSR count). The fourth-order valence-electron chi connectivity index (χ4n) is 4.06. The Kier molecular flexibility index (Phi) is 5.78. The number of aryl methyl sites for hydroxylation is 2. The Labute approximate surface area is 187 Å². The summed E-state index contributed by atoms with van der Waals surface area (Å²) in [5.74, 6) is 1.01. The molecule has 0 aliphatic carbocycles. The normalized spacial score (nSPS) is 17.1. The van der Waals surface area contributed by atoms with Crippen molar-refractivity contribution in [2.45, 2.75) is 32.4 Å². The van der Waals surface area contributed by atoms with Gasteiger partial charge in [-0.05, 0) is 43.2 Å². The van der Waals surface area contributed by atoms with Crippen LogP contribution < -0.4 is 20.1 Å². The number of hydrogen-bond acceptors (Lipinski definition) is 5. The maximum absolute atomic E-state index is 12.8. The molecule has 2 aromatic carbocycles. The molecule has 2 aliphatic heterocycles. The van der Waals surface area contributed by atoms with Crippen LogP contribution in [0.1, 0.15) is 29.5 Å². The summed E-state index contributed by atoms with van der Waals surface area (Å²) in [5.41, 5.74) is 3.51. The maximum Gasteiger partial charge on any atom is 0.321 e. The Morgan fingerprint density at radius 2 is 1.81 bits per heavy atom. The smallest absolute Gasteiger partial charge is 0.321 e. The van der Waals surface area contributed by atoms with Crippen molar-refractivity contribution in [3.05, 3.63) is 53.1 Å². The first kappa shape index (κ1) is 21.7. The van der Waals surface area contributed by atoms with Gasteiger partial charge in [0.2, 0.25) is 0 Å². The molecule has 1 fully saturated rings. The number of piperidine rings is 1. The number of carbonyl (C=O) groups is 2. The Balaban J connectivity index is 1.43. The minimum atomic E-state index is -0.653. The lowest BCUT2D eigenvalue weighted by Gasteiger charge is -2.37. The number of carbonyl (C=O) groups excluding carboxylic acids is 2. The van der Waals surface area contributed by atoms with Gasteiger partial charge in [-0.2, -0.15) is 0 Å². The van der Waals surface area contributed by atoms with Crippen LogP contribution in [0, 0.1) is 13.8 Å². The molecule has 3 amide bonds. The fraction of sp³-hybridized carbons (Fsp3) is 0.375. The number of aliphatic imine (C=N–C) groups is 1. The number of rotatable bonds is 4. The summed E-state index contributed by atoms with van der Waals surface area (Å²) in [4.78, 5) is 32.0. The Morgan fingerprint density at radius 1 is 1.06 bits per heavy atom. The number of anilines is 1. The molecule has 2 heterocycles. The first-order valence-corrected chi connectivity index (χ1v) is 10.6. The van der Waals surface area contributed by atoms with Gasteiger partial charge < -0.3 is 25.0 Å². The highest BCUT2D eigenvalue weighted by atomic mass is 16.5. The highest BCUT2D eigenvalue weighted by molar-refractivity contribution is 6.46. The summed E-state index contributed by atoms with van der Waals surface area (Å²) < 4.78 is 10.6. The number of benzene rings is 2. The standard InChI is InChI=1S/C24H28N4O4/c1-15-5-6-17(13-16(15)2)21-22(29)27-24(26-21)9-11-28(12-10-24)23(30)25-19-8-7-18(31-3)14-20(19)32-4/h5-8,13-14H,9-12H2,1-4H3,(H,25,30)(H,27,29). The lowest BCUT2D eigenvalue weighted by molar-refractivity contribution is -0.115. The van der Waals surface area contributed by atoms with Gasteiger partial charge in [-0.3, -0.25) is 9.79 Å². The van der Waals surface area contributed by atoms with Gasteiger partial charge in [-0.1, -0.05) is 12.1 Å². The predicted octanol–water partition coefficient (Wildman–Crippen LogP) is 3.26. The SMILES string of the molecule is COc1ccc(NC(=O)N2CCC3(CC2)N=C(c2ccc(C)c(C)c2)C(=O)N3)c(OC)c1. The third kappa shape index (κ3) is 4.12. The minimum absolute atomic E-state index is 0.158. The zero-order valence-corrected chi connectivity index (χ0v) is 18.8. The monoisotopic (exact) mass is 436 g/mol. The zero-order chi connectivity index (χ0) is 22.9. The van der Waals surface area contributed by atoms with Crippen molar-refractivity contribution in [1.82, 2.24) is 10.2 Å². The van der Waals surface area contributed by atoms with Crippen LogP contribution in [0.3, 0.4) is 0 Å². The van der Waals surface area contributed by atoms with Crippen molar-refractivity contribution in [3.8, 4) is 11.5 Å². The molecule has 0 radical (unpaired) electrons. The average molecular weight is 437 g/mol. The first-order valence-electron chi connectivity index (χ1n) is 10.6. The average Bonchev–Trinajstić information content (AvgIpc) is 3.11. The molecule has 0 atom stereocenters. The van der Waals surface area contributed by atoms with Crippen LogP contribution in [-0.2, 0) is 4.79 Å². The van der Waals surface area contributed by atoms with Crippen molar-refractivity contribution in [1.29, 1.82) is 0 Å². The number of urea groups is 1. The van der Waals surface area contributed by atoms with Gasteiger partial charge in [0.1, 0.15) is 22.9 Å². The maximum atomic E-state index is 12.8. The molecule has 0 bridgehead atoms. The van der Waals surface area contributed by atoms with Gasteiger partial charge in [0.25, 0.3) is 5.91 Å². The lowest BCUT2D eigenvalue weighted by atomic mass is 9.98. The van der Waals surface area contributed by atoms with Crippen molar-refractivity contribution in [3.63, 3.8) is 0 Å². The van der Waals surface area contributed by atoms with Crippen molar-refractivity contribution >= 4 is 23.3 Å². The topological polar surface area (TPSA) is 92.3 Å². The molecule has 2 N–H and O–H groups in total. The van der Waals surface area contributed by atoms with E-state index in [0.29, 0.717) is 48.8 Å². The first-order chi connectivity index (χ1) is 15.3. The predicted molar refractivity (Wildman–Crippen MR) is 123 cm³/mol. The van der Waals surface area contributed by atoms with Crippen LogP contribution in [0.4, 0.5) is 10.5 Å². The van der Waals surface area contributed by atoms with E-state index in [2.05, 4.69) is 10.6 Å². The second kappa shape index (κ2) is 8.53. The molecular weight excluding hydrogens is 408 g/mol. The van der Waals surface area contributed by atoms with Crippen LogP contribution in [0.25, 0.3) is 0 Å². The Hall–Kier alpha value is -3.55. The van der Waals surface area contributed by atoms with Crippen LogP contribution in [0.15, 0.2) is 41.4 Å². The number of methoxy groups -OCH3 is 2. The summed E-state index contributed by atoms with van der Waals surface area (Å²) in [6.07, 6.45) is 1.11. The zero-order valence-electron chi connectivity index (χ0n) is 18.8. The number of amides is 3. The van der Waals surface area contributed by atoms with Crippen LogP contribution in [0.5, 0.6) is 11.5 Å². The van der Waals surface area contributed by atoms with Gasteiger partial charge in [-0.25, -0.2) is 4.79 Å². The lowest BCUT2D eigenvalue weighted by Crippen LogP contribution is -2.53. The molecule has 0 unspecified atom stereocenters. The second-order valence-corrected chi connectivity index (χ2v) is 8.23. The molecule has 0 aromatic heterocycles. The number of ether oxygens (including phenoxy) is 2. The number of nitrogens with one attached hydrogen (secondary N) is 2. The quantitative estimate of drug-likeness (QED) is 0.770. The largest absolute Gasteiger partial charge is 0.497 e. The van der Waals surface area contributed by atoms with Crippen LogP contribution in [-0.4, -0.2) is 55.5 Å². The van der Waals surface area contributed by atoms with E-state index in [4.69, 9.17) is 14.5 Å². The summed E-state index contributed by atoms with van der Waals surface area (Å²) in [6, 6.07) is 11.0. The van der Waals surface area contributed by atoms with Gasteiger partial charge >= 0.3 is 6.03 Å². The minimum Gasteiger partial charge on any atom is -0.497 e. The van der Waals surface area contributed by atoms with Gasteiger partial charge in [0.15, 0.2) is 0 Å². The van der Waals surface area contributed by atoms with E-state index in [1.165, 1.54) is 5.56 Å². The van der Waals surface area contributed by atoms with E-state index < -0.39 is 5.66 Å². The summed E-state index contributed by atoms with van der Waals surface area (Å²) in [7, 11) is 3.12. The highest BCUT2D eigenvalue weighted by Gasteiger charge is 2.43. The van der Waals surface area contributed by atoms with Crippen molar-refractivity contribution in [2.75, 3.05) is 32.6 Å². The van der Waals surface area contributed by atoms with E-state index in [-0.39, 0.29) is 11.9 Å². The Bertz CT molecular complexity index is 1090. The van der Waals surface area contributed by atoms with E-state index in [1.54, 1.807) is 37.3 Å². The third-order valence-corrected chi connectivity index (χ3v) is 6.20. The molecule has 1 saturated heterocycles. The molecule has 8 nitrogen and oxygen atoms in total. The number of nitrogens with zero attached hydrogens (tertiary/aromatic N) is 2. The molecule has 0 saturated carbocycles. The van der Waals surface area contributed by atoms with Crippen LogP contribution >= 0.6 is 0 Å². The van der Waals surface area contributed by atoms with E-state index in [9.17, 15) is 9.59 Å². The van der Waals surface area contributed by atoms with Crippen molar-refractivity contribution < 1.29 is 19.1 Å². The molecule has 2 aliphatic rings. The number of hydrogen-bond donors (Lipinski definition) is 2. The van der Waals surface area contributed by atoms with Crippen LogP contribution in [0.2, 0.25) is 0 Å². The van der Waals surface area contributed by atoms with Gasteiger partial charge in [-0.15, -0.1) is 0 Å². The molecule has 2 aromatic rings. The van der Waals surface area contributed by atoms with E-state index in [0.717, 1.165) is 11.1 Å². The Morgan fingerprint density at radius 3 is 2.47 bits per heavy atom. The highest BCUT2D eigenvalue weighted by Crippen LogP contribution is 2.32.